The highest BCUT2D eigenvalue weighted by atomic mass is 32.2. The Morgan fingerprint density at radius 1 is 1.58 bits per heavy atom. The molecule has 0 fully saturated rings. The van der Waals surface area contributed by atoms with E-state index >= 15 is 0 Å². The van der Waals surface area contributed by atoms with Gasteiger partial charge in [0.2, 0.25) is 5.91 Å². The van der Waals surface area contributed by atoms with Crippen molar-refractivity contribution in [2.45, 2.75) is 6.92 Å². The molecule has 0 bridgehead atoms. The molecule has 0 saturated heterocycles. The molecule has 12 heavy (non-hydrogen) atoms. The van der Waals surface area contributed by atoms with E-state index in [1.165, 1.54) is 0 Å². The van der Waals surface area contributed by atoms with Gasteiger partial charge in [-0.25, -0.2) is 0 Å². The Bertz CT molecular complexity index is 161. The van der Waals surface area contributed by atoms with E-state index in [4.69, 9.17) is 4.74 Å². The van der Waals surface area contributed by atoms with E-state index in [1.54, 1.807) is 6.26 Å². The molecule has 0 rings (SSSR count). The van der Waals surface area contributed by atoms with Gasteiger partial charge >= 0.3 is 0 Å². The fraction of sp³-hybridized carbons (Fsp3) is 0.857. The molecule has 5 heteroatoms. The van der Waals surface area contributed by atoms with Gasteiger partial charge in [-0.15, -0.1) is 0 Å². The number of rotatable bonds is 6. The summed E-state index contributed by atoms with van der Waals surface area (Å²) in [5.74, 6) is 0.347. The summed E-state index contributed by atoms with van der Waals surface area (Å²) in [6, 6.07) is 0. The predicted octanol–water partition coefficient (Wildman–Crippen LogP) is -0.482. The summed E-state index contributed by atoms with van der Waals surface area (Å²) in [5, 5.41) is 2.59. The van der Waals surface area contributed by atoms with Gasteiger partial charge in [0.05, 0.1) is 0 Å². The van der Waals surface area contributed by atoms with Crippen molar-refractivity contribution >= 4 is 16.7 Å². The van der Waals surface area contributed by atoms with E-state index < -0.39 is 10.8 Å². The molecule has 0 heterocycles. The highest BCUT2D eigenvalue weighted by molar-refractivity contribution is 7.84. The Hall–Kier alpha value is -0.420. The van der Waals surface area contributed by atoms with Crippen LogP contribution in [0, 0.1) is 0 Å². The summed E-state index contributed by atoms with van der Waals surface area (Å²) in [5.41, 5.74) is 0. The minimum atomic E-state index is -0.843. The summed E-state index contributed by atoms with van der Waals surface area (Å²) in [6.45, 7) is 2.91. The molecule has 0 aliphatic rings. The number of hydrogen-bond acceptors (Lipinski definition) is 3. The lowest BCUT2D eigenvalue weighted by Gasteiger charge is -2.02. The van der Waals surface area contributed by atoms with Crippen LogP contribution in [0.5, 0.6) is 0 Å². The van der Waals surface area contributed by atoms with Gasteiger partial charge in [0.15, 0.2) is 0 Å². The van der Waals surface area contributed by atoms with Crippen LogP contribution in [0.1, 0.15) is 6.92 Å². The molecular weight excluding hydrogens is 178 g/mol. The Labute approximate surface area is 75.1 Å². The lowest BCUT2D eigenvalue weighted by Crippen LogP contribution is -2.30. The van der Waals surface area contributed by atoms with Crippen LogP contribution in [0.4, 0.5) is 0 Å². The van der Waals surface area contributed by atoms with Crippen molar-refractivity contribution in [1.82, 2.24) is 5.32 Å². The first-order valence-electron chi connectivity index (χ1n) is 3.81. The van der Waals surface area contributed by atoms with E-state index in [1.807, 2.05) is 6.92 Å². The summed E-state index contributed by atoms with van der Waals surface area (Å²) in [6.07, 6.45) is 1.61. The first-order chi connectivity index (χ1) is 5.66. The second-order valence-electron chi connectivity index (χ2n) is 2.26. The molecule has 4 nitrogen and oxygen atoms in total. The van der Waals surface area contributed by atoms with Crippen molar-refractivity contribution in [3.05, 3.63) is 0 Å². The fourth-order valence-electron chi connectivity index (χ4n) is 0.580. The third kappa shape index (κ3) is 7.68. The van der Waals surface area contributed by atoms with Gasteiger partial charge in [0.1, 0.15) is 6.61 Å². The Balaban J connectivity index is 3.25. The summed E-state index contributed by atoms with van der Waals surface area (Å²) < 4.78 is 15.4. The number of ether oxygens (including phenoxy) is 1. The first kappa shape index (κ1) is 11.6. The largest absolute Gasteiger partial charge is 0.372 e. The standard InChI is InChI=1S/C7H15NO3S/c1-3-11-6-7(9)8-4-5-12(2)10/h3-6H2,1-2H3,(H,8,9). The molecule has 1 N–H and O–H groups in total. The van der Waals surface area contributed by atoms with E-state index in [0.717, 1.165) is 0 Å². The van der Waals surface area contributed by atoms with Crippen LogP contribution in [-0.4, -0.2) is 41.9 Å². The third-order valence-electron chi connectivity index (χ3n) is 1.15. The average molecular weight is 193 g/mol. The van der Waals surface area contributed by atoms with Crippen LogP contribution in [-0.2, 0) is 20.3 Å². The molecule has 1 amide bonds. The number of carbonyl (C=O) groups excluding carboxylic acids is 1. The van der Waals surface area contributed by atoms with Crippen LogP contribution in [0.15, 0.2) is 0 Å². The van der Waals surface area contributed by atoms with Gasteiger partial charge in [0, 0.05) is 36.0 Å². The second-order valence-corrected chi connectivity index (χ2v) is 3.82. The number of amides is 1. The molecule has 0 aromatic rings. The second kappa shape index (κ2) is 7.24. The van der Waals surface area contributed by atoms with Gasteiger partial charge in [-0.1, -0.05) is 0 Å². The first-order valence-corrected chi connectivity index (χ1v) is 5.54. The van der Waals surface area contributed by atoms with E-state index in [9.17, 15) is 9.00 Å². The maximum Gasteiger partial charge on any atom is 0.246 e. The van der Waals surface area contributed by atoms with Crippen molar-refractivity contribution in [2.24, 2.45) is 0 Å². The topological polar surface area (TPSA) is 55.4 Å². The highest BCUT2D eigenvalue weighted by Crippen LogP contribution is 1.75. The number of carbonyl (C=O) groups is 1. The molecule has 1 atom stereocenters. The average Bonchev–Trinajstić information content (AvgIpc) is 2.00. The Kier molecular flexibility index (Phi) is 6.99. The normalized spacial score (nSPS) is 12.5. The smallest absolute Gasteiger partial charge is 0.246 e. The van der Waals surface area contributed by atoms with Gasteiger partial charge < -0.3 is 10.1 Å². The number of nitrogens with one attached hydrogen (secondary N) is 1. The molecule has 0 aromatic carbocycles. The van der Waals surface area contributed by atoms with Gasteiger partial charge in [-0.3, -0.25) is 9.00 Å². The number of hydrogen-bond donors (Lipinski definition) is 1. The molecule has 0 aliphatic carbocycles. The van der Waals surface area contributed by atoms with Crippen LogP contribution in [0.2, 0.25) is 0 Å². The minimum absolute atomic E-state index is 0.0901. The summed E-state index contributed by atoms with van der Waals surface area (Å²) >= 11 is 0. The zero-order valence-corrected chi connectivity index (χ0v) is 8.28. The third-order valence-corrected chi connectivity index (χ3v) is 1.93. The van der Waals surface area contributed by atoms with Crippen LogP contribution in [0.3, 0.4) is 0 Å². The maximum absolute atomic E-state index is 10.8. The van der Waals surface area contributed by atoms with E-state index in [-0.39, 0.29) is 12.5 Å². The highest BCUT2D eigenvalue weighted by Gasteiger charge is 1.99. The van der Waals surface area contributed by atoms with E-state index in [2.05, 4.69) is 5.32 Å². The molecule has 0 aromatic heterocycles. The minimum Gasteiger partial charge on any atom is -0.372 e. The predicted molar refractivity (Wildman–Crippen MR) is 48.4 cm³/mol. The van der Waals surface area contributed by atoms with Crippen molar-refractivity contribution in [3.8, 4) is 0 Å². The maximum atomic E-state index is 10.8. The molecule has 1 unspecified atom stereocenters. The Morgan fingerprint density at radius 2 is 2.25 bits per heavy atom. The monoisotopic (exact) mass is 193 g/mol. The molecule has 72 valence electrons. The Morgan fingerprint density at radius 3 is 2.75 bits per heavy atom. The lowest BCUT2D eigenvalue weighted by molar-refractivity contribution is -0.125. The van der Waals surface area contributed by atoms with E-state index in [0.29, 0.717) is 18.9 Å². The summed E-state index contributed by atoms with van der Waals surface area (Å²) in [4.78, 5) is 10.8. The molecule has 0 radical (unpaired) electrons. The molecule has 0 saturated carbocycles. The van der Waals surface area contributed by atoms with Crippen LogP contribution in [0.25, 0.3) is 0 Å². The zero-order chi connectivity index (χ0) is 9.40. The van der Waals surface area contributed by atoms with Crippen LogP contribution < -0.4 is 5.32 Å². The van der Waals surface area contributed by atoms with Crippen molar-refractivity contribution in [1.29, 1.82) is 0 Å². The fourth-order valence-corrected chi connectivity index (χ4v) is 0.969. The lowest BCUT2D eigenvalue weighted by atomic mass is 10.6. The van der Waals surface area contributed by atoms with Crippen molar-refractivity contribution in [3.63, 3.8) is 0 Å². The molecule has 0 spiro atoms. The van der Waals surface area contributed by atoms with Crippen LogP contribution >= 0.6 is 0 Å². The molecular formula is C7H15NO3S. The molecule has 0 aliphatic heterocycles. The van der Waals surface area contributed by atoms with Gasteiger partial charge in [-0.05, 0) is 6.92 Å². The van der Waals surface area contributed by atoms with Gasteiger partial charge in [-0.2, -0.15) is 0 Å². The summed E-state index contributed by atoms with van der Waals surface area (Å²) in [7, 11) is -0.843. The van der Waals surface area contributed by atoms with Crippen molar-refractivity contribution < 1.29 is 13.7 Å². The van der Waals surface area contributed by atoms with Gasteiger partial charge in [0.25, 0.3) is 0 Å². The zero-order valence-electron chi connectivity index (χ0n) is 7.46. The quantitative estimate of drug-likeness (QED) is 0.620. The SMILES string of the molecule is CCOCC(=O)NCCS(C)=O. The van der Waals surface area contributed by atoms with Crippen molar-refractivity contribution in [2.75, 3.05) is 31.8 Å².